The molecule has 0 saturated heterocycles. The molecule has 0 heterocycles. The summed E-state index contributed by atoms with van der Waals surface area (Å²) < 4.78 is 45.4. The van der Waals surface area contributed by atoms with E-state index in [0.29, 0.717) is 5.02 Å². The summed E-state index contributed by atoms with van der Waals surface area (Å²) in [7, 11) is -3.98. The summed E-state index contributed by atoms with van der Waals surface area (Å²) in [5.41, 5.74) is 0.106. The van der Waals surface area contributed by atoms with Crippen LogP contribution in [0.15, 0.2) is 77.7 Å². The quantitative estimate of drug-likeness (QED) is 0.430. The van der Waals surface area contributed by atoms with Crippen molar-refractivity contribution in [2.24, 2.45) is 0 Å². The van der Waals surface area contributed by atoms with Crippen molar-refractivity contribution >= 4 is 39.1 Å². The molecule has 0 aliphatic rings. The molecule has 0 amide bonds. The standard InChI is InChI=1S/C21H15ClFNO5S/c22-15-7-11-17(12-8-15)30(27,28)24-19-4-2-1-3-18(19)21(26)29-13-20(25)14-5-9-16(23)10-6-14/h1-12,24H,13H2. The number of nitrogens with one attached hydrogen (secondary N) is 1. The summed E-state index contributed by atoms with van der Waals surface area (Å²) in [6.45, 7) is -0.581. The molecule has 0 fully saturated rings. The molecule has 3 aromatic carbocycles. The van der Waals surface area contributed by atoms with Gasteiger partial charge >= 0.3 is 5.97 Å². The van der Waals surface area contributed by atoms with Crippen LogP contribution in [0.25, 0.3) is 0 Å². The van der Waals surface area contributed by atoms with Gasteiger partial charge in [-0.05, 0) is 60.7 Å². The van der Waals surface area contributed by atoms with Gasteiger partial charge in [0.05, 0.1) is 16.1 Å². The lowest BCUT2D eigenvalue weighted by Crippen LogP contribution is -2.18. The Labute approximate surface area is 177 Å². The number of sulfonamides is 1. The number of benzene rings is 3. The van der Waals surface area contributed by atoms with Crippen molar-refractivity contribution in [3.63, 3.8) is 0 Å². The van der Waals surface area contributed by atoms with Gasteiger partial charge in [0.25, 0.3) is 10.0 Å². The van der Waals surface area contributed by atoms with Crippen LogP contribution in [0, 0.1) is 5.82 Å². The number of hydrogen-bond acceptors (Lipinski definition) is 5. The maximum absolute atomic E-state index is 12.9. The van der Waals surface area contributed by atoms with Gasteiger partial charge in [-0.15, -0.1) is 0 Å². The van der Waals surface area contributed by atoms with E-state index in [2.05, 4.69) is 4.72 Å². The van der Waals surface area contributed by atoms with E-state index in [0.717, 1.165) is 12.1 Å². The number of rotatable bonds is 7. The molecule has 0 unspecified atom stereocenters. The highest BCUT2D eigenvalue weighted by Crippen LogP contribution is 2.22. The van der Waals surface area contributed by atoms with E-state index < -0.39 is 34.2 Å². The number of carbonyl (C=O) groups excluding carboxylic acids is 2. The van der Waals surface area contributed by atoms with Crippen LogP contribution in [0.4, 0.5) is 10.1 Å². The molecule has 0 bridgehead atoms. The monoisotopic (exact) mass is 447 g/mol. The van der Waals surface area contributed by atoms with Crippen LogP contribution in [-0.4, -0.2) is 26.8 Å². The highest BCUT2D eigenvalue weighted by molar-refractivity contribution is 7.92. The topological polar surface area (TPSA) is 89.5 Å². The van der Waals surface area contributed by atoms with Crippen molar-refractivity contribution in [2.45, 2.75) is 4.90 Å². The highest BCUT2D eigenvalue weighted by Gasteiger charge is 2.20. The van der Waals surface area contributed by atoms with E-state index >= 15 is 0 Å². The molecule has 1 N–H and O–H groups in total. The fourth-order valence-corrected chi connectivity index (χ4v) is 3.70. The Hall–Kier alpha value is -3.23. The van der Waals surface area contributed by atoms with Gasteiger partial charge in [-0.1, -0.05) is 23.7 Å². The van der Waals surface area contributed by atoms with Crippen LogP contribution >= 0.6 is 11.6 Å². The van der Waals surface area contributed by atoms with Gasteiger partial charge in [-0.2, -0.15) is 0 Å². The van der Waals surface area contributed by atoms with E-state index in [9.17, 15) is 22.4 Å². The second-order valence-electron chi connectivity index (χ2n) is 6.11. The van der Waals surface area contributed by atoms with E-state index in [1.165, 1.54) is 54.6 Å². The number of halogens is 2. The number of ketones is 1. The van der Waals surface area contributed by atoms with Gasteiger partial charge in [-0.3, -0.25) is 9.52 Å². The minimum atomic E-state index is -3.98. The molecule has 0 saturated carbocycles. The fraction of sp³-hybridized carbons (Fsp3) is 0.0476. The number of para-hydroxylation sites is 1. The van der Waals surface area contributed by atoms with Gasteiger partial charge in [-0.25, -0.2) is 17.6 Å². The average Bonchev–Trinajstić information content (AvgIpc) is 2.72. The first-order valence-electron chi connectivity index (χ1n) is 8.59. The number of hydrogen-bond donors (Lipinski definition) is 1. The highest BCUT2D eigenvalue weighted by atomic mass is 35.5. The van der Waals surface area contributed by atoms with Crippen LogP contribution in [0.2, 0.25) is 5.02 Å². The molecule has 0 spiro atoms. The zero-order valence-electron chi connectivity index (χ0n) is 15.3. The van der Waals surface area contributed by atoms with Gasteiger partial charge < -0.3 is 4.74 Å². The minimum absolute atomic E-state index is 0.00770. The lowest BCUT2D eigenvalue weighted by molar-refractivity contribution is 0.0476. The summed E-state index contributed by atoms with van der Waals surface area (Å²) in [5.74, 6) is -1.91. The lowest BCUT2D eigenvalue weighted by Gasteiger charge is -2.12. The van der Waals surface area contributed by atoms with Gasteiger partial charge in [0.1, 0.15) is 5.82 Å². The van der Waals surface area contributed by atoms with Crippen LogP contribution in [0.5, 0.6) is 0 Å². The Balaban J connectivity index is 1.74. The molecule has 0 atom stereocenters. The first-order chi connectivity index (χ1) is 14.3. The maximum atomic E-state index is 12.9. The number of anilines is 1. The molecular weight excluding hydrogens is 433 g/mol. The van der Waals surface area contributed by atoms with Crippen molar-refractivity contribution in [3.05, 3.63) is 94.8 Å². The smallest absolute Gasteiger partial charge is 0.340 e. The van der Waals surface area contributed by atoms with Crippen molar-refractivity contribution in [1.82, 2.24) is 0 Å². The molecule has 0 aliphatic carbocycles. The summed E-state index contributed by atoms with van der Waals surface area (Å²) >= 11 is 5.78. The predicted octanol–water partition coefficient (Wildman–Crippen LogP) is 4.32. The fourth-order valence-electron chi connectivity index (χ4n) is 2.50. The lowest BCUT2D eigenvalue weighted by atomic mass is 10.1. The molecule has 0 radical (unpaired) electrons. The van der Waals surface area contributed by atoms with Crippen LogP contribution in [0.1, 0.15) is 20.7 Å². The zero-order valence-corrected chi connectivity index (χ0v) is 16.9. The van der Waals surface area contributed by atoms with E-state index in [1.54, 1.807) is 6.07 Å². The molecule has 0 aliphatic heterocycles. The summed E-state index contributed by atoms with van der Waals surface area (Å²) in [4.78, 5) is 24.5. The molecule has 0 aromatic heterocycles. The average molecular weight is 448 g/mol. The molecule has 3 aromatic rings. The number of Topliss-reactive ketones (excluding diaryl/α,β-unsaturated/α-hetero) is 1. The largest absolute Gasteiger partial charge is 0.454 e. The molecule has 9 heteroatoms. The van der Waals surface area contributed by atoms with Gasteiger partial charge in [0, 0.05) is 10.6 Å². The molecule has 6 nitrogen and oxygen atoms in total. The van der Waals surface area contributed by atoms with Crippen LogP contribution in [-0.2, 0) is 14.8 Å². The van der Waals surface area contributed by atoms with Crippen molar-refractivity contribution in [2.75, 3.05) is 11.3 Å². The van der Waals surface area contributed by atoms with E-state index in [-0.39, 0.29) is 21.7 Å². The number of carbonyl (C=O) groups is 2. The zero-order chi connectivity index (χ0) is 21.7. The second kappa shape index (κ2) is 9.06. The molecule has 3 rings (SSSR count). The van der Waals surface area contributed by atoms with Crippen molar-refractivity contribution in [3.8, 4) is 0 Å². The maximum Gasteiger partial charge on any atom is 0.340 e. The third-order valence-corrected chi connectivity index (χ3v) is 5.65. The molecule has 30 heavy (non-hydrogen) atoms. The Kier molecular flexibility index (Phi) is 6.49. The first kappa shape index (κ1) is 21.5. The predicted molar refractivity (Wildman–Crippen MR) is 110 cm³/mol. The Morgan fingerprint density at radius 3 is 2.23 bits per heavy atom. The van der Waals surface area contributed by atoms with E-state index in [1.807, 2.05) is 0 Å². The van der Waals surface area contributed by atoms with Crippen LogP contribution < -0.4 is 4.72 Å². The first-order valence-corrected chi connectivity index (χ1v) is 10.5. The van der Waals surface area contributed by atoms with Gasteiger partial charge in [0.15, 0.2) is 12.4 Å². The van der Waals surface area contributed by atoms with Crippen molar-refractivity contribution in [1.29, 1.82) is 0 Å². The summed E-state index contributed by atoms with van der Waals surface area (Å²) in [6, 6.07) is 16.1. The molecular formula is C21H15ClFNO5S. The Morgan fingerprint density at radius 1 is 0.933 bits per heavy atom. The SMILES string of the molecule is O=C(COC(=O)c1ccccc1NS(=O)(=O)c1ccc(Cl)cc1)c1ccc(F)cc1. The minimum Gasteiger partial charge on any atom is -0.454 e. The Bertz CT molecular complexity index is 1180. The van der Waals surface area contributed by atoms with Crippen molar-refractivity contribution < 1.29 is 27.1 Å². The number of esters is 1. The molecule has 154 valence electrons. The second-order valence-corrected chi connectivity index (χ2v) is 8.23. The summed E-state index contributed by atoms with van der Waals surface area (Å²) in [6.07, 6.45) is 0. The summed E-state index contributed by atoms with van der Waals surface area (Å²) in [5, 5.41) is 0.378. The Morgan fingerprint density at radius 2 is 1.57 bits per heavy atom. The third kappa shape index (κ3) is 5.22. The third-order valence-electron chi connectivity index (χ3n) is 4.02. The number of ether oxygens (including phenoxy) is 1. The van der Waals surface area contributed by atoms with Gasteiger partial charge in [0.2, 0.25) is 0 Å². The van der Waals surface area contributed by atoms with Crippen LogP contribution in [0.3, 0.4) is 0 Å². The van der Waals surface area contributed by atoms with E-state index in [4.69, 9.17) is 16.3 Å². The normalized spacial score (nSPS) is 11.0.